The number of carbonyl (C=O) groups excluding carboxylic acids is 1. The highest BCUT2D eigenvalue weighted by Gasteiger charge is 2.06. The quantitative estimate of drug-likeness (QED) is 0.383. The highest BCUT2D eigenvalue weighted by Crippen LogP contribution is 2.22. The summed E-state index contributed by atoms with van der Waals surface area (Å²) < 4.78 is 10.0. The summed E-state index contributed by atoms with van der Waals surface area (Å²) in [6, 6.07) is 6.33. The molecule has 0 saturated carbocycles. The van der Waals surface area contributed by atoms with Crippen LogP contribution in [0, 0.1) is 6.92 Å². The first-order valence-electron chi connectivity index (χ1n) is 4.96. The first-order chi connectivity index (χ1) is 8.10. The van der Waals surface area contributed by atoms with Crippen LogP contribution in [0.3, 0.4) is 0 Å². The lowest BCUT2D eigenvalue weighted by molar-refractivity contribution is -0.131. The van der Waals surface area contributed by atoms with E-state index in [0.717, 1.165) is 10.9 Å². The van der Waals surface area contributed by atoms with Crippen LogP contribution in [-0.4, -0.2) is 11.7 Å². The van der Waals surface area contributed by atoms with E-state index in [1.165, 1.54) is 12.1 Å². The number of ether oxygens (including phenoxy) is 1. The minimum atomic E-state index is -0.456. The molecule has 17 heavy (non-hydrogen) atoms. The van der Waals surface area contributed by atoms with Crippen molar-refractivity contribution < 1.29 is 13.9 Å². The standard InChI is InChI=1S/C12H10O4S/c1-7-4-11(13)16-10-5-8(2-3-9(7)10)15-12(14)6-17/h2-5,17H,6H2,1H3. The Balaban J connectivity index is 2.50. The number of rotatable bonds is 2. The zero-order valence-electron chi connectivity index (χ0n) is 9.10. The van der Waals surface area contributed by atoms with E-state index >= 15 is 0 Å². The molecule has 0 aliphatic carbocycles. The Morgan fingerprint density at radius 2 is 2.18 bits per heavy atom. The van der Waals surface area contributed by atoms with Gasteiger partial charge in [0.15, 0.2) is 0 Å². The van der Waals surface area contributed by atoms with E-state index in [1.807, 2.05) is 6.92 Å². The molecule has 5 heteroatoms. The highest BCUT2D eigenvalue weighted by atomic mass is 32.1. The van der Waals surface area contributed by atoms with E-state index in [2.05, 4.69) is 12.6 Å². The number of hydrogen-bond acceptors (Lipinski definition) is 5. The molecule has 0 N–H and O–H groups in total. The maximum absolute atomic E-state index is 11.2. The van der Waals surface area contributed by atoms with Gasteiger partial charge in [0.1, 0.15) is 11.3 Å². The Morgan fingerprint density at radius 1 is 1.41 bits per heavy atom. The number of hydrogen-bond donors (Lipinski definition) is 1. The Bertz CT molecular complexity index is 630. The molecule has 0 aliphatic rings. The fourth-order valence-corrected chi connectivity index (χ4v) is 1.60. The van der Waals surface area contributed by atoms with Gasteiger partial charge in [-0.1, -0.05) is 0 Å². The summed E-state index contributed by atoms with van der Waals surface area (Å²) >= 11 is 3.80. The molecule has 1 aromatic carbocycles. The van der Waals surface area contributed by atoms with Gasteiger partial charge in [-0.3, -0.25) is 4.79 Å². The Morgan fingerprint density at radius 3 is 2.88 bits per heavy atom. The zero-order chi connectivity index (χ0) is 12.4. The van der Waals surface area contributed by atoms with Gasteiger partial charge in [0.2, 0.25) is 0 Å². The second-order valence-electron chi connectivity index (χ2n) is 3.54. The molecule has 0 saturated heterocycles. The Kier molecular flexibility index (Phi) is 3.19. The molecule has 0 amide bonds. The lowest BCUT2D eigenvalue weighted by atomic mass is 10.1. The monoisotopic (exact) mass is 250 g/mol. The smallest absolute Gasteiger partial charge is 0.336 e. The number of carbonyl (C=O) groups is 1. The Hall–Kier alpha value is -1.75. The van der Waals surface area contributed by atoms with E-state index in [4.69, 9.17) is 9.15 Å². The third-order valence-corrected chi connectivity index (χ3v) is 2.54. The third-order valence-electron chi connectivity index (χ3n) is 2.28. The first kappa shape index (κ1) is 11.7. The van der Waals surface area contributed by atoms with Crippen molar-refractivity contribution >= 4 is 29.6 Å². The van der Waals surface area contributed by atoms with Crippen molar-refractivity contribution in [3.63, 3.8) is 0 Å². The Labute approximate surface area is 103 Å². The molecule has 1 aromatic heterocycles. The average Bonchev–Trinajstić information content (AvgIpc) is 2.28. The molecule has 0 bridgehead atoms. The maximum Gasteiger partial charge on any atom is 0.336 e. The van der Waals surface area contributed by atoms with Crippen LogP contribution in [0.25, 0.3) is 11.0 Å². The topological polar surface area (TPSA) is 56.5 Å². The normalized spacial score (nSPS) is 10.5. The van der Waals surface area contributed by atoms with Crippen LogP contribution in [0.5, 0.6) is 5.75 Å². The third kappa shape index (κ3) is 2.50. The second kappa shape index (κ2) is 4.63. The number of aryl methyl sites for hydroxylation is 1. The minimum absolute atomic E-state index is 0.00416. The van der Waals surface area contributed by atoms with Gasteiger partial charge < -0.3 is 9.15 Å². The van der Waals surface area contributed by atoms with Gasteiger partial charge in [0, 0.05) is 17.5 Å². The average molecular weight is 250 g/mol. The van der Waals surface area contributed by atoms with Crippen LogP contribution in [0.1, 0.15) is 5.56 Å². The van der Waals surface area contributed by atoms with Crippen LogP contribution in [-0.2, 0) is 4.79 Å². The van der Waals surface area contributed by atoms with Gasteiger partial charge in [-0.2, -0.15) is 12.6 Å². The SMILES string of the molecule is Cc1cc(=O)oc2cc(OC(=O)CS)ccc12. The summed E-state index contributed by atoms with van der Waals surface area (Å²) in [5, 5.41) is 0.815. The highest BCUT2D eigenvalue weighted by molar-refractivity contribution is 7.81. The molecule has 0 fully saturated rings. The molecule has 0 spiro atoms. The summed E-state index contributed by atoms with van der Waals surface area (Å²) in [5.41, 5.74) is 0.801. The van der Waals surface area contributed by atoms with Crippen molar-refractivity contribution in [2.45, 2.75) is 6.92 Å². The molecule has 2 aromatic rings. The molecular formula is C12H10O4S. The molecule has 2 rings (SSSR count). The van der Waals surface area contributed by atoms with E-state index in [1.54, 1.807) is 12.1 Å². The van der Waals surface area contributed by atoms with Crippen molar-refractivity contribution in [2.75, 3.05) is 5.75 Å². The predicted molar refractivity (Wildman–Crippen MR) is 66.7 cm³/mol. The number of thiol groups is 1. The predicted octanol–water partition coefficient (Wildman–Crippen LogP) is 1.94. The molecule has 0 atom stereocenters. The van der Waals surface area contributed by atoms with Crippen LogP contribution in [0.15, 0.2) is 33.5 Å². The lowest BCUT2D eigenvalue weighted by Gasteiger charge is -2.04. The van der Waals surface area contributed by atoms with Crippen molar-refractivity contribution in [3.8, 4) is 5.75 Å². The van der Waals surface area contributed by atoms with Gasteiger partial charge in [-0.15, -0.1) is 0 Å². The second-order valence-corrected chi connectivity index (χ2v) is 3.85. The fourth-order valence-electron chi connectivity index (χ4n) is 1.53. The zero-order valence-corrected chi connectivity index (χ0v) is 9.99. The molecule has 88 valence electrons. The number of fused-ring (bicyclic) bond motifs is 1. The van der Waals surface area contributed by atoms with Crippen molar-refractivity contribution in [1.82, 2.24) is 0 Å². The van der Waals surface area contributed by atoms with E-state index in [-0.39, 0.29) is 5.75 Å². The number of benzene rings is 1. The minimum Gasteiger partial charge on any atom is -0.426 e. The summed E-state index contributed by atoms with van der Waals surface area (Å²) in [6.45, 7) is 1.82. The van der Waals surface area contributed by atoms with E-state index in [0.29, 0.717) is 11.3 Å². The summed E-state index contributed by atoms with van der Waals surface area (Å²) in [5.74, 6) is -0.122. The molecule has 1 heterocycles. The van der Waals surface area contributed by atoms with Crippen LogP contribution >= 0.6 is 12.6 Å². The largest absolute Gasteiger partial charge is 0.426 e. The molecular weight excluding hydrogens is 240 g/mol. The van der Waals surface area contributed by atoms with Gasteiger partial charge in [0.25, 0.3) is 0 Å². The molecule has 0 radical (unpaired) electrons. The van der Waals surface area contributed by atoms with Crippen LogP contribution in [0.4, 0.5) is 0 Å². The summed E-state index contributed by atoms with van der Waals surface area (Å²) in [7, 11) is 0. The maximum atomic E-state index is 11.2. The molecule has 4 nitrogen and oxygen atoms in total. The molecule has 0 aliphatic heterocycles. The first-order valence-corrected chi connectivity index (χ1v) is 5.59. The van der Waals surface area contributed by atoms with E-state index < -0.39 is 11.6 Å². The fraction of sp³-hybridized carbons (Fsp3) is 0.167. The van der Waals surface area contributed by atoms with Crippen molar-refractivity contribution in [2.24, 2.45) is 0 Å². The van der Waals surface area contributed by atoms with Crippen molar-refractivity contribution in [3.05, 3.63) is 40.2 Å². The van der Waals surface area contributed by atoms with E-state index in [9.17, 15) is 9.59 Å². The van der Waals surface area contributed by atoms with Gasteiger partial charge >= 0.3 is 11.6 Å². The van der Waals surface area contributed by atoms with Gasteiger partial charge in [-0.05, 0) is 24.6 Å². The van der Waals surface area contributed by atoms with Crippen LogP contribution in [0.2, 0.25) is 0 Å². The van der Waals surface area contributed by atoms with Crippen molar-refractivity contribution in [1.29, 1.82) is 0 Å². The summed E-state index contributed by atoms with van der Waals surface area (Å²) in [6.07, 6.45) is 0. The van der Waals surface area contributed by atoms with Gasteiger partial charge in [-0.25, -0.2) is 4.79 Å². The number of esters is 1. The van der Waals surface area contributed by atoms with Gasteiger partial charge in [0.05, 0.1) is 5.75 Å². The molecule has 0 unspecified atom stereocenters. The summed E-state index contributed by atoms with van der Waals surface area (Å²) in [4.78, 5) is 22.3. The van der Waals surface area contributed by atoms with Crippen LogP contribution < -0.4 is 10.4 Å². The lowest BCUT2D eigenvalue weighted by Crippen LogP contribution is -2.09.